The SMILES string of the molecule is Cc1cncc(Cn2c(C)ccc(C#N)c2=O)c1. The first-order valence-corrected chi connectivity index (χ1v) is 5.63. The molecule has 0 N–H and O–H groups in total. The van der Waals surface area contributed by atoms with E-state index in [1.807, 2.05) is 26.0 Å². The molecule has 4 heteroatoms. The van der Waals surface area contributed by atoms with Crippen molar-refractivity contribution in [3.8, 4) is 6.07 Å². The first-order chi connectivity index (χ1) is 8.61. The fraction of sp³-hybridized carbons (Fsp3) is 0.214. The van der Waals surface area contributed by atoms with Crippen LogP contribution in [0.4, 0.5) is 0 Å². The molecule has 0 unspecified atom stereocenters. The lowest BCUT2D eigenvalue weighted by molar-refractivity contribution is 0.724. The zero-order chi connectivity index (χ0) is 13.1. The van der Waals surface area contributed by atoms with Gasteiger partial charge >= 0.3 is 0 Å². The van der Waals surface area contributed by atoms with Gasteiger partial charge in [0.2, 0.25) is 0 Å². The molecular formula is C14H13N3O. The smallest absolute Gasteiger partial charge is 0.268 e. The molecule has 0 amide bonds. The Morgan fingerprint density at radius 3 is 2.78 bits per heavy atom. The maximum absolute atomic E-state index is 12.0. The average Bonchev–Trinajstić information content (AvgIpc) is 2.35. The van der Waals surface area contributed by atoms with Crippen molar-refractivity contribution in [2.24, 2.45) is 0 Å². The summed E-state index contributed by atoms with van der Waals surface area (Å²) in [6.07, 6.45) is 3.50. The highest BCUT2D eigenvalue weighted by molar-refractivity contribution is 5.28. The number of aromatic nitrogens is 2. The lowest BCUT2D eigenvalue weighted by Crippen LogP contribution is -2.24. The number of pyridine rings is 2. The molecule has 2 aromatic heterocycles. The number of nitriles is 1. The molecule has 2 rings (SSSR count). The van der Waals surface area contributed by atoms with Gasteiger partial charge in [-0.3, -0.25) is 9.78 Å². The summed E-state index contributed by atoms with van der Waals surface area (Å²) in [5, 5.41) is 8.87. The minimum Gasteiger partial charge on any atom is -0.307 e. The van der Waals surface area contributed by atoms with E-state index in [9.17, 15) is 4.79 Å². The third-order valence-corrected chi connectivity index (χ3v) is 2.79. The zero-order valence-electron chi connectivity index (χ0n) is 10.3. The fourth-order valence-electron chi connectivity index (χ4n) is 1.84. The van der Waals surface area contributed by atoms with Gasteiger partial charge in [-0.15, -0.1) is 0 Å². The molecule has 0 radical (unpaired) electrons. The number of hydrogen-bond donors (Lipinski definition) is 0. The monoisotopic (exact) mass is 239 g/mol. The van der Waals surface area contributed by atoms with Crippen LogP contribution in [0.3, 0.4) is 0 Å². The topological polar surface area (TPSA) is 58.7 Å². The van der Waals surface area contributed by atoms with Crippen LogP contribution in [0.2, 0.25) is 0 Å². The van der Waals surface area contributed by atoms with Gasteiger partial charge in [0.05, 0.1) is 6.54 Å². The van der Waals surface area contributed by atoms with Gasteiger partial charge in [0.15, 0.2) is 0 Å². The Hall–Kier alpha value is -2.41. The first kappa shape index (κ1) is 12.1. The van der Waals surface area contributed by atoms with Gasteiger partial charge in [-0.1, -0.05) is 6.07 Å². The van der Waals surface area contributed by atoms with Crippen molar-refractivity contribution in [2.75, 3.05) is 0 Å². The van der Waals surface area contributed by atoms with E-state index in [1.165, 1.54) is 0 Å². The van der Waals surface area contributed by atoms with Crippen LogP contribution in [0.15, 0.2) is 35.4 Å². The lowest BCUT2D eigenvalue weighted by Gasteiger charge is -2.10. The van der Waals surface area contributed by atoms with E-state index >= 15 is 0 Å². The van der Waals surface area contributed by atoms with Crippen LogP contribution in [-0.4, -0.2) is 9.55 Å². The van der Waals surface area contributed by atoms with E-state index in [0.717, 1.165) is 16.8 Å². The summed E-state index contributed by atoms with van der Waals surface area (Å²) < 4.78 is 1.59. The molecule has 90 valence electrons. The number of aryl methyl sites for hydroxylation is 2. The van der Waals surface area contributed by atoms with Crippen molar-refractivity contribution in [3.63, 3.8) is 0 Å². The van der Waals surface area contributed by atoms with Gasteiger partial charge in [-0.05, 0) is 37.1 Å². The highest BCUT2D eigenvalue weighted by Crippen LogP contribution is 2.05. The van der Waals surface area contributed by atoms with E-state index in [1.54, 1.807) is 29.1 Å². The van der Waals surface area contributed by atoms with Crippen molar-refractivity contribution in [3.05, 3.63) is 63.3 Å². The predicted octanol–water partition coefficient (Wildman–Crippen LogP) is 1.78. The maximum Gasteiger partial charge on any atom is 0.268 e. The van der Waals surface area contributed by atoms with Crippen molar-refractivity contribution in [2.45, 2.75) is 20.4 Å². The van der Waals surface area contributed by atoms with Crippen LogP contribution in [-0.2, 0) is 6.54 Å². The Morgan fingerprint density at radius 2 is 2.11 bits per heavy atom. The fourth-order valence-corrected chi connectivity index (χ4v) is 1.84. The number of rotatable bonds is 2. The number of hydrogen-bond acceptors (Lipinski definition) is 3. The molecular weight excluding hydrogens is 226 g/mol. The molecule has 0 aromatic carbocycles. The van der Waals surface area contributed by atoms with Crippen molar-refractivity contribution >= 4 is 0 Å². The van der Waals surface area contributed by atoms with Gasteiger partial charge < -0.3 is 4.57 Å². The molecule has 0 spiro atoms. The molecule has 4 nitrogen and oxygen atoms in total. The minimum absolute atomic E-state index is 0.168. The summed E-state index contributed by atoms with van der Waals surface area (Å²) >= 11 is 0. The quantitative estimate of drug-likeness (QED) is 0.802. The molecule has 0 atom stereocenters. The summed E-state index contributed by atoms with van der Waals surface area (Å²) in [5.74, 6) is 0. The standard InChI is InChI=1S/C14H13N3O/c1-10-5-12(8-16-7-10)9-17-11(2)3-4-13(6-15)14(17)18/h3-5,7-8H,9H2,1-2H3. The Kier molecular flexibility index (Phi) is 3.24. The highest BCUT2D eigenvalue weighted by Gasteiger charge is 2.06. The van der Waals surface area contributed by atoms with E-state index in [-0.39, 0.29) is 11.1 Å². The molecule has 0 saturated heterocycles. The Morgan fingerprint density at radius 1 is 1.33 bits per heavy atom. The third-order valence-electron chi connectivity index (χ3n) is 2.79. The van der Waals surface area contributed by atoms with Gasteiger partial charge in [-0.2, -0.15) is 5.26 Å². The van der Waals surface area contributed by atoms with Crippen LogP contribution in [0.1, 0.15) is 22.4 Å². The maximum atomic E-state index is 12.0. The van der Waals surface area contributed by atoms with Crippen LogP contribution in [0.25, 0.3) is 0 Å². The summed E-state index contributed by atoms with van der Waals surface area (Å²) in [6, 6.07) is 7.23. The predicted molar refractivity (Wildman–Crippen MR) is 68.2 cm³/mol. The van der Waals surface area contributed by atoms with Gasteiger partial charge in [0, 0.05) is 18.1 Å². The largest absolute Gasteiger partial charge is 0.307 e. The summed E-state index contributed by atoms with van der Waals surface area (Å²) in [4.78, 5) is 16.1. The Balaban J connectivity index is 2.47. The van der Waals surface area contributed by atoms with Gasteiger partial charge in [0.25, 0.3) is 5.56 Å². The van der Waals surface area contributed by atoms with Gasteiger partial charge in [-0.25, -0.2) is 0 Å². The molecule has 2 heterocycles. The summed E-state index contributed by atoms with van der Waals surface area (Å²) in [6.45, 7) is 4.25. The number of nitrogens with zero attached hydrogens (tertiary/aromatic N) is 3. The van der Waals surface area contributed by atoms with E-state index in [2.05, 4.69) is 4.98 Å². The van der Waals surface area contributed by atoms with Crippen LogP contribution >= 0.6 is 0 Å². The normalized spacial score (nSPS) is 10.1. The highest BCUT2D eigenvalue weighted by atomic mass is 16.1. The Labute approximate surface area is 105 Å². The summed E-state index contributed by atoms with van der Waals surface area (Å²) in [7, 11) is 0. The third kappa shape index (κ3) is 2.30. The van der Waals surface area contributed by atoms with E-state index < -0.39 is 0 Å². The minimum atomic E-state index is -0.251. The molecule has 0 aliphatic heterocycles. The lowest BCUT2D eigenvalue weighted by atomic mass is 10.2. The molecule has 0 saturated carbocycles. The van der Waals surface area contributed by atoms with Crippen LogP contribution in [0, 0.1) is 25.2 Å². The van der Waals surface area contributed by atoms with Crippen LogP contribution < -0.4 is 5.56 Å². The van der Waals surface area contributed by atoms with E-state index in [0.29, 0.717) is 6.54 Å². The van der Waals surface area contributed by atoms with Gasteiger partial charge in [0.1, 0.15) is 11.6 Å². The summed E-state index contributed by atoms with van der Waals surface area (Å²) in [5.41, 5.74) is 2.76. The van der Waals surface area contributed by atoms with Crippen molar-refractivity contribution in [1.29, 1.82) is 5.26 Å². The molecule has 0 bridgehead atoms. The molecule has 0 aliphatic rings. The average molecular weight is 239 g/mol. The zero-order valence-corrected chi connectivity index (χ0v) is 10.3. The first-order valence-electron chi connectivity index (χ1n) is 5.63. The second-order valence-corrected chi connectivity index (χ2v) is 4.26. The molecule has 18 heavy (non-hydrogen) atoms. The van der Waals surface area contributed by atoms with Crippen molar-refractivity contribution in [1.82, 2.24) is 9.55 Å². The molecule has 0 fully saturated rings. The Bertz CT molecular complexity index is 680. The van der Waals surface area contributed by atoms with E-state index in [4.69, 9.17) is 5.26 Å². The van der Waals surface area contributed by atoms with Crippen LogP contribution in [0.5, 0.6) is 0 Å². The van der Waals surface area contributed by atoms with Crippen molar-refractivity contribution < 1.29 is 0 Å². The second-order valence-electron chi connectivity index (χ2n) is 4.26. The second kappa shape index (κ2) is 4.84. The molecule has 2 aromatic rings. The molecule has 0 aliphatic carbocycles.